The molecule has 2 heterocycles. The fraction of sp³-hybridized carbons (Fsp3) is 0.125. The van der Waals surface area contributed by atoms with Gasteiger partial charge in [0.25, 0.3) is 5.91 Å². The number of rotatable bonds is 4. The van der Waals surface area contributed by atoms with Crippen LogP contribution < -0.4 is 5.32 Å². The number of anilines is 1. The third kappa shape index (κ3) is 3.55. The molecule has 1 N–H and O–H groups in total. The molecule has 0 aliphatic rings. The van der Waals surface area contributed by atoms with Gasteiger partial charge in [-0.25, -0.2) is 13.4 Å². The molecule has 2 aromatic heterocycles. The molecule has 0 aliphatic carbocycles. The Hall–Kier alpha value is -2.45. The van der Waals surface area contributed by atoms with Crippen molar-refractivity contribution in [2.24, 2.45) is 0 Å². The summed E-state index contributed by atoms with van der Waals surface area (Å²) in [4.78, 5) is 16.7. The number of sulfone groups is 1. The molecule has 6 nitrogen and oxygen atoms in total. The number of nitrogens with zero attached hydrogens (tertiary/aromatic N) is 1. The number of hydrogen-bond donors (Lipinski definition) is 1. The van der Waals surface area contributed by atoms with Gasteiger partial charge in [-0.3, -0.25) is 4.79 Å². The van der Waals surface area contributed by atoms with Crippen LogP contribution in [0.4, 0.5) is 5.69 Å². The summed E-state index contributed by atoms with van der Waals surface area (Å²) in [5, 5.41) is 4.89. The first-order valence-electron chi connectivity index (χ1n) is 6.97. The second-order valence-electron chi connectivity index (χ2n) is 5.20. The predicted molar refractivity (Wildman–Crippen MR) is 92.1 cm³/mol. The van der Waals surface area contributed by atoms with Crippen molar-refractivity contribution in [3.05, 3.63) is 53.2 Å². The monoisotopic (exact) mass is 362 g/mol. The summed E-state index contributed by atoms with van der Waals surface area (Å²) in [5.41, 5.74) is 0.639. The zero-order valence-electron chi connectivity index (χ0n) is 12.9. The highest BCUT2D eigenvalue weighted by Gasteiger charge is 2.15. The first-order chi connectivity index (χ1) is 11.3. The third-order valence-electron chi connectivity index (χ3n) is 3.21. The molecule has 0 radical (unpaired) electrons. The quantitative estimate of drug-likeness (QED) is 0.768. The SMILES string of the molecule is Cc1ccc(-c2nc(C(=O)Nc3cccc(S(C)(=O)=O)c3)cs2)o1. The molecule has 0 unspecified atom stereocenters. The summed E-state index contributed by atoms with van der Waals surface area (Å²) in [6, 6.07) is 9.71. The first kappa shape index (κ1) is 16.4. The molecule has 0 atom stereocenters. The van der Waals surface area contributed by atoms with E-state index in [0.29, 0.717) is 16.5 Å². The lowest BCUT2D eigenvalue weighted by atomic mass is 10.3. The Kier molecular flexibility index (Phi) is 4.25. The van der Waals surface area contributed by atoms with Crippen LogP contribution >= 0.6 is 11.3 Å². The molecule has 0 fully saturated rings. The number of carbonyl (C=O) groups is 1. The van der Waals surface area contributed by atoms with Gasteiger partial charge in [-0.1, -0.05) is 6.07 Å². The van der Waals surface area contributed by atoms with E-state index in [1.54, 1.807) is 23.6 Å². The van der Waals surface area contributed by atoms with Crippen LogP contribution in [0.5, 0.6) is 0 Å². The largest absolute Gasteiger partial charge is 0.459 e. The highest BCUT2D eigenvalue weighted by atomic mass is 32.2. The summed E-state index contributed by atoms with van der Waals surface area (Å²) in [6.45, 7) is 1.83. The van der Waals surface area contributed by atoms with E-state index in [-0.39, 0.29) is 10.6 Å². The standard InChI is InChI=1S/C16H14N2O4S2/c1-10-6-7-14(22-10)16-18-13(9-23-16)15(19)17-11-4-3-5-12(8-11)24(2,20)21/h3-9H,1-2H3,(H,17,19). The van der Waals surface area contributed by atoms with Crippen LogP contribution in [0.2, 0.25) is 0 Å². The Morgan fingerprint density at radius 1 is 1.25 bits per heavy atom. The molecule has 0 saturated carbocycles. The molecule has 1 amide bonds. The van der Waals surface area contributed by atoms with Gasteiger partial charge in [0.05, 0.1) is 4.90 Å². The molecule has 0 spiro atoms. The van der Waals surface area contributed by atoms with Gasteiger partial charge in [0.15, 0.2) is 20.6 Å². The van der Waals surface area contributed by atoms with E-state index in [4.69, 9.17) is 4.42 Å². The van der Waals surface area contributed by atoms with E-state index < -0.39 is 15.7 Å². The Morgan fingerprint density at radius 3 is 2.71 bits per heavy atom. The van der Waals surface area contributed by atoms with Crippen molar-refractivity contribution in [3.63, 3.8) is 0 Å². The van der Waals surface area contributed by atoms with Gasteiger partial charge < -0.3 is 9.73 Å². The van der Waals surface area contributed by atoms with Crippen LogP contribution in [0.1, 0.15) is 16.2 Å². The van der Waals surface area contributed by atoms with Crippen molar-refractivity contribution in [2.75, 3.05) is 11.6 Å². The number of nitrogens with one attached hydrogen (secondary N) is 1. The summed E-state index contributed by atoms with van der Waals surface area (Å²) in [6.07, 6.45) is 1.12. The van der Waals surface area contributed by atoms with E-state index >= 15 is 0 Å². The lowest BCUT2D eigenvalue weighted by Crippen LogP contribution is -2.12. The normalized spacial score (nSPS) is 11.4. The Morgan fingerprint density at radius 2 is 2.04 bits per heavy atom. The number of benzene rings is 1. The zero-order valence-corrected chi connectivity index (χ0v) is 14.6. The van der Waals surface area contributed by atoms with Gasteiger partial charge >= 0.3 is 0 Å². The van der Waals surface area contributed by atoms with Crippen molar-refractivity contribution in [1.82, 2.24) is 4.98 Å². The highest BCUT2D eigenvalue weighted by molar-refractivity contribution is 7.90. The molecule has 8 heteroatoms. The van der Waals surface area contributed by atoms with Gasteiger partial charge in [-0.15, -0.1) is 11.3 Å². The van der Waals surface area contributed by atoms with Gasteiger partial charge in [-0.05, 0) is 37.3 Å². The lowest BCUT2D eigenvalue weighted by molar-refractivity contribution is 0.102. The van der Waals surface area contributed by atoms with Gasteiger partial charge in [0, 0.05) is 17.3 Å². The minimum absolute atomic E-state index is 0.144. The topological polar surface area (TPSA) is 89.3 Å². The molecule has 1 aromatic carbocycles. The lowest BCUT2D eigenvalue weighted by Gasteiger charge is -2.05. The van der Waals surface area contributed by atoms with E-state index in [1.807, 2.05) is 13.0 Å². The van der Waals surface area contributed by atoms with Crippen LogP contribution in [0, 0.1) is 6.92 Å². The fourth-order valence-corrected chi connectivity index (χ4v) is 3.47. The van der Waals surface area contributed by atoms with E-state index in [2.05, 4.69) is 10.3 Å². The van der Waals surface area contributed by atoms with Crippen molar-refractivity contribution < 1.29 is 17.6 Å². The van der Waals surface area contributed by atoms with Crippen LogP contribution in [0.15, 0.2) is 51.1 Å². The van der Waals surface area contributed by atoms with Gasteiger partial charge in [0.1, 0.15) is 11.5 Å². The van der Waals surface area contributed by atoms with Gasteiger partial charge in [-0.2, -0.15) is 0 Å². The minimum Gasteiger partial charge on any atom is -0.459 e. The predicted octanol–water partition coefficient (Wildman–Crippen LogP) is 3.37. The maximum absolute atomic E-state index is 12.3. The molecule has 0 saturated heterocycles. The van der Waals surface area contributed by atoms with E-state index in [0.717, 1.165) is 12.0 Å². The summed E-state index contributed by atoms with van der Waals surface area (Å²) >= 11 is 1.30. The Balaban J connectivity index is 1.80. The van der Waals surface area contributed by atoms with Crippen molar-refractivity contribution in [2.45, 2.75) is 11.8 Å². The first-order valence-corrected chi connectivity index (χ1v) is 9.74. The Labute approximate surface area is 143 Å². The number of furan rings is 1. The van der Waals surface area contributed by atoms with Crippen LogP contribution in [-0.4, -0.2) is 25.6 Å². The van der Waals surface area contributed by atoms with Crippen LogP contribution in [0.25, 0.3) is 10.8 Å². The average molecular weight is 362 g/mol. The highest BCUT2D eigenvalue weighted by Crippen LogP contribution is 2.26. The number of carbonyl (C=O) groups excluding carboxylic acids is 1. The van der Waals surface area contributed by atoms with Crippen molar-refractivity contribution in [1.29, 1.82) is 0 Å². The molecule has 124 valence electrons. The molecule has 0 aliphatic heterocycles. The number of aromatic nitrogens is 1. The molecular weight excluding hydrogens is 348 g/mol. The summed E-state index contributed by atoms with van der Waals surface area (Å²) in [5.74, 6) is 0.964. The zero-order chi connectivity index (χ0) is 17.3. The van der Waals surface area contributed by atoms with Crippen LogP contribution in [-0.2, 0) is 9.84 Å². The number of hydrogen-bond acceptors (Lipinski definition) is 6. The molecule has 3 rings (SSSR count). The Bertz CT molecular complexity index is 1000. The maximum atomic E-state index is 12.3. The fourth-order valence-electron chi connectivity index (χ4n) is 2.04. The minimum atomic E-state index is -3.33. The second-order valence-corrected chi connectivity index (χ2v) is 8.08. The number of amides is 1. The van der Waals surface area contributed by atoms with Crippen molar-refractivity contribution >= 4 is 32.8 Å². The van der Waals surface area contributed by atoms with E-state index in [9.17, 15) is 13.2 Å². The molecule has 0 bridgehead atoms. The van der Waals surface area contributed by atoms with Crippen molar-refractivity contribution in [3.8, 4) is 10.8 Å². The van der Waals surface area contributed by atoms with Crippen LogP contribution in [0.3, 0.4) is 0 Å². The maximum Gasteiger partial charge on any atom is 0.275 e. The summed E-state index contributed by atoms with van der Waals surface area (Å²) in [7, 11) is -3.33. The van der Waals surface area contributed by atoms with Gasteiger partial charge in [0.2, 0.25) is 0 Å². The summed E-state index contributed by atoms with van der Waals surface area (Å²) < 4.78 is 28.6. The smallest absolute Gasteiger partial charge is 0.275 e. The number of thiazole rings is 1. The number of aryl methyl sites for hydroxylation is 1. The molecule has 24 heavy (non-hydrogen) atoms. The van der Waals surface area contributed by atoms with E-state index in [1.165, 1.54) is 23.5 Å². The second kappa shape index (κ2) is 6.21. The molecule has 3 aromatic rings. The molecular formula is C16H14N2O4S2. The average Bonchev–Trinajstić information content (AvgIpc) is 3.15. The third-order valence-corrected chi connectivity index (χ3v) is 5.18.